The van der Waals surface area contributed by atoms with E-state index in [1.165, 1.54) is 30.3 Å². The molecular formula is C31H24F4N4O3S. The molecule has 12 heteroatoms. The third kappa shape index (κ3) is 6.06. The van der Waals surface area contributed by atoms with E-state index in [0.717, 1.165) is 23.1 Å². The van der Waals surface area contributed by atoms with Gasteiger partial charge in [0.2, 0.25) is 0 Å². The van der Waals surface area contributed by atoms with Crippen LogP contribution in [-0.4, -0.2) is 30.4 Å². The molecule has 1 aromatic heterocycles. The number of sulfone groups is 1. The molecule has 5 aromatic rings. The quantitative estimate of drug-likeness (QED) is 0.206. The number of hydrogen-bond acceptors (Lipinski definition) is 5. The van der Waals surface area contributed by atoms with Gasteiger partial charge in [0.25, 0.3) is 5.91 Å². The maximum absolute atomic E-state index is 15.8. The zero-order chi connectivity index (χ0) is 30.9. The van der Waals surface area contributed by atoms with Crippen LogP contribution in [0.5, 0.6) is 0 Å². The number of anilines is 1. The van der Waals surface area contributed by atoms with Gasteiger partial charge in [-0.15, -0.1) is 0 Å². The first-order chi connectivity index (χ1) is 20.4. The third-order valence-electron chi connectivity index (χ3n) is 6.64. The normalized spacial score (nSPS) is 11.9. The summed E-state index contributed by atoms with van der Waals surface area (Å²) in [6.45, 7) is 0.146. The van der Waals surface area contributed by atoms with Crippen molar-refractivity contribution in [3.05, 3.63) is 120 Å². The van der Waals surface area contributed by atoms with Gasteiger partial charge in [0.05, 0.1) is 22.6 Å². The van der Waals surface area contributed by atoms with Gasteiger partial charge in [0.15, 0.2) is 15.7 Å². The van der Waals surface area contributed by atoms with Crippen molar-refractivity contribution in [2.45, 2.75) is 17.6 Å². The zero-order valence-electron chi connectivity index (χ0n) is 22.6. The fourth-order valence-corrected chi connectivity index (χ4v) is 5.71. The van der Waals surface area contributed by atoms with Crippen LogP contribution >= 0.6 is 0 Å². The number of amides is 1. The molecule has 0 spiro atoms. The Morgan fingerprint density at radius 3 is 2.28 bits per heavy atom. The van der Waals surface area contributed by atoms with Gasteiger partial charge in [-0.2, -0.15) is 18.3 Å². The van der Waals surface area contributed by atoms with Crippen LogP contribution in [0.4, 0.5) is 23.2 Å². The van der Waals surface area contributed by atoms with Crippen LogP contribution in [0.3, 0.4) is 0 Å². The average molecular weight is 609 g/mol. The van der Waals surface area contributed by atoms with E-state index >= 15 is 4.39 Å². The Morgan fingerprint density at radius 1 is 0.907 bits per heavy atom. The average Bonchev–Trinajstić information content (AvgIpc) is 3.43. The van der Waals surface area contributed by atoms with E-state index in [9.17, 15) is 26.4 Å². The van der Waals surface area contributed by atoms with Crippen molar-refractivity contribution < 1.29 is 30.8 Å². The molecule has 0 unspecified atom stereocenters. The SMILES string of the molecule is CS(=O)(=O)c1c(-c2ccccc2)ccc(NC(=O)c2cc(-c3ccccc3C(F)(F)F)nn2-c2cccc(CN)c2)c1F. The topological polar surface area (TPSA) is 107 Å². The Labute approximate surface area is 244 Å². The van der Waals surface area contributed by atoms with Gasteiger partial charge in [-0.1, -0.05) is 66.7 Å². The standard InChI is InChI=1S/C31H24F4N4O3S/c1-43(41,42)29-22(20-9-3-2-4-10-20)14-15-25(28(29)32)37-30(40)27-17-26(23-12-5-6-13-24(23)31(33,34)35)38-39(27)21-11-7-8-19(16-21)18-36/h2-17H,18,36H2,1H3,(H,37,40). The van der Waals surface area contributed by atoms with E-state index in [4.69, 9.17) is 5.73 Å². The first-order valence-corrected chi connectivity index (χ1v) is 14.7. The number of nitrogens with zero attached hydrogens (tertiary/aromatic N) is 2. The Kier molecular flexibility index (Phi) is 7.91. The number of halogens is 4. The van der Waals surface area contributed by atoms with E-state index in [0.29, 0.717) is 16.8 Å². The molecule has 0 aliphatic carbocycles. The summed E-state index contributed by atoms with van der Waals surface area (Å²) in [4.78, 5) is 13.0. The van der Waals surface area contributed by atoms with Crippen molar-refractivity contribution in [1.82, 2.24) is 9.78 Å². The fourth-order valence-electron chi connectivity index (χ4n) is 4.69. The van der Waals surface area contributed by atoms with Gasteiger partial charge >= 0.3 is 6.18 Å². The Hall–Kier alpha value is -4.81. The zero-order valence-corrected chi connectivity index (χ0v) is 23.4. The molecule has 1 amide bonds. The molecule has 5 rings (SSSR count). The van der Waals surface area contributed by atoms with Crippen molar-refractivity contribution in [2.75, 3.05) is 11.6 Å². The summed E-state index contributed by atoms with van der Waals surface area (Å²) in [5.74, 6) is -2.12. The van der Waals surface area contributed by atoms with Crippen molar-refractivity contribution in [3.63, 3.8) is 0 Å². The highest BCUT2D eigenvalue weighted by Gasteiger charge is 2.34. The summed E-state index contributed by atoms with van der Waals surface area (Å²) in [7, 11) is -4.11. The van der Waals surface area contributed by atoms with Crippen LogP contribution in [0, 0.1) is 5.82 Å². The van der Waals surface area contributed by atoms with E-state index in [-0.39, 0.29) is 29.1 Å². The summed E-state index contributed by atoms with van der Waals surface area (Å²) in [6.07, 6.45) is -3.85. The number of carbonyl (C=O) groups excluding carboxylic acids is 1. The molecule has 0 bridgehead atoms. The maximum Gasteiger partial charge on any atom is 0.417 e. The number of hydrogen-bond donors (Lipinski definition) is 2. The first-order valence-electron chi connectivity index (χ1n) is 12.8. The molecule has 3 N–H and O–H groups in total. The van der Waals surface area contributed by atoms with Crippen molar-refractivity contribution in [3.8, 4) is 28.1 Å². The van der Waals surface area contributed by atoms with Crippen LogP contribution in [0.15, 0.2) is 102 Å². The second kappa shape index (κ2) is 11.5. The van der Waals surface area contributed by atoms with Crippen LogP contribution in [0.2, 0.25) is 0 Å². The minimum atomic E-state index is -4.70. The molecule has 0 saturated heterocycles. The van der Waals surface area contributed by atoms with E-state index in [1.54, 1.807) is 54.6 Å². The number of aromatic nitrogens is 2. The molecule has 0 radical (unpaired) electrons. The predicted octanol–water partition coefficient (Wildman–Crippen LogP) is 6.48. The van der Waals surface area contributed by atoms with E-state index < -0.39 is 43.9 Å². The predicted molar refractivity (Wildman–Crippen MR) is 155 cm³/mol. The molecule has 220 valence electrons. The molecule has 0 aliphatic rings. The smallest absolute Gasteiger partial charge is 0.326 e. The van der Waals surface area contributed by atoms with Gasteiger partial charge in [-0.25, -0.2) is 17.5 Å². The summed E-state index contributed by atoms with van der Waals surface area (Å²) >= 11 is 0. The van der Waals surface area contributed by atoms with Crippen molar-refractivity contribution >= 4 is 21.4 Å². The van der Waals surface area contributed by atoms with Crippen LogP contribution in [0.25, 0.3) is 28.1 Å². The first kappa shape index (κ1) is 29.7. The van der Waals surface area contributed by atoms with Gasteiger partial charge in [0, 0.05) is 23.9 Å². The summed E-state index contributed by atoms with van der Waals surface area (Å²) < 4.78 is 83.7. The summed E-state index contributed by atoms with van der Waals surface area (Å²) in [6, 6.07) is 23.4. The lowest BCUT2D eigenvalue weighted by Crippen LogP contribution is -2.19. The van der Waals surface area contributed by atoms with Gasteiger partial charge < -0.3 is 11.1 Å². The highest BCUT2D eigenvalue weighted by molar-refractivity contribution is 7.90. The second-order valence-electron chi connectivity index (χ2n) is 9.64. The molecule has 4 aromatic carbocycles. The Morgan fingerprint density at radius 2 is 1.60 bits per heavy atom. The maximum atomic E-state index is 15.8. The highest BCUT2D eigenvalue weighted by Crippen LogP contribution is 2.38. The number of nitrogens with two attached hydrogens (primary N) is 1. The highest BCUT2D eigenvalue weighted by atomic mass is 32.2. The third-order valence-corrected chi connectivity index (χ3v) is 7.78. The summed E-state index contributed by atoms with van der Waals surface area (Å²) in [5, 5.41) is 6.70. The minimum absolute atomic E-state index is 0.105. The monoisotopic (exact) mass is 608 g/mol. The largest absolute Gasteiger partial charge is 0.417 e. The van der Waals surface area contributed by atoms with Crippen molar-refractivity contribution in [2.24, 2.45) is 5.73 Å². The van der Waals surface area contributed by atoms with Gasteiger partial charge in [0.1, 0.15) is 10.6 Å². The molecule has 43 heavy (non-hydrogen) atoms. The summed E-state index contributed by atoms with van der Waals surface area (Å²) in [5.41, 5.74) is 5.24. The van der Waals surface area contributed by atoms with E-state index in [1.807, 2.05) is 0 Å². The number of benzene rings is 4. The number of alkyl halides is 3. The molecular weight excluding hydrogens is 584 g/mol. The molecule has 0 fully saturated rings. The number of nitrogens with one attached hydrogen (secondary N) is 1. The minimum Gasteiger partial charge on any atom is -0.326 e. The van der Waals surface area contributed by atoms with Gasteiger partial charge in [-0.3, -0.25) is 4.79 Å². The lowest BCUT2D eigenvalue weighted by atomic mass is 10.0. The number of carbonyl (C=O) groups is 1. The number of rotatable bonds is 7. The van der Waals surface area contributed by atoms with Crippen LogP contribution < -0.4 is 11.1 Å². The fraction of sp³-hybridized carbons (Fsp3) is 0.0968. The Balaban J connectivity index is 1.64. The van der Waals surface area contributed by atoms with Gasteiger partial charge in [-0.05, 0) is 41.5 Å². The van der Waals surface area contributed by atoms with Crippen LogP contribution in [-0.2, 0) is 22.6 Å². The molecule has 0 saturated carbocycles. The Bertz CT molecular complexity index is 1940. The molecule has 1 heterocycles. The molecule has 7 nitrogen and oxygen atoms in total. The molecule has 0 atom stereocenters. The lowest BCUT2D eigenvalue weighted by Gasteiger charge is -2.14. The lowest BCUT2D eigenvalue weighted by molar-refractivity contribution is -0.137. The molecule has 0 aliphatic heterocycles. The second-order valence-corrected chi connectivity index (χ2v) is 11.6. The van der Waals surface area contributed by atoms with E-state index in [2.05, 4.69) is 10.4 Å². The van der Waals surface area contributed by atoms with Crippen LogP contribution in [0.1, 0.15) is 21.6 Å². The van der Waals surface area contributed by atoms with Crippen molar-refractivity contribution in [1.29, 1.82) is 0 Å².